The minimum Gasteiger partial charge on any atom is -0.380 e. The van der Waals surface area contributed by atoms with Gasteiger partial charge >= 0.3 is 0 Å². The van der Waals surface area contributed by atoms with Crippen molar-refractivity contribution in [1.82, 2.24) is 5.32 Å². The van der Waals surface area contributed by atoms with Crippen molar-refractivity contribution < 1.29 is 4.74 Å². The third-order valence-electron chi connectivity index (χ3n) is 2.63. The molecule has 2 saturated heterocycles. The average Bonchev–Trinajstić information content (AvgIpc) is 1.56. The fourth-order valence-corrected chi connectivity index (χ4v) is 1.44. The highest BCUT2D eigenvalue weighted by Gasteiger charge is 2.43. The number of nitrogens with one attached hydrogen (secondary N) is 1. The van der Waals surface area contributed by atoms with E-state index in [0.29, 0.717) is 5.41 Å². The molecule has 2 heterocycles. The van der Waals surface area contributed by atoms with E-state index in [-0.39, 0.29) is 0 Å². The first-order valence-corrected chi connectivity index (χ1v) is 3.60. The third kappa shape index (κ3) is 0.700. The monoisotopic (exact) mass is 127 g/mol. The highest BCUT2D eigenvalue weighted by molar-refractivity contribution is 4.94. The Morgan fingerprint density at radius 2 is 2.11 bits per heavy atom. The van der Waals surface area contributed by atoms with Crippen LogP contribution >= 0.6 is 0 Å². The second-order valence-electron chi connectivity index (χ2n) is 3.50. The second-order valence-corrected chi connectivity index (χ2v) is 3.50. The van der Waals surface area contributed by atoms with Gasteiger partial charge in [0.05, 0.1) is 13.2 Å². The largest absolute Gasteiger partial charge is 0.380 e. The van der Waals surface area contributed by atoms with Gasteiger partial charge in [-0.3, -0.25) is 0 Å². The first-order chi connectivity index (χ1) is 4.31. The summed E-state index contributed by atoms with van der Waals surface area (Å²) in [4.78, 5) is 0. The zero-order valence-corrected chi connectivity index (χ0v) is 5.81. The maximum Gasteiger partial charge on any atom is 0.0545 e. The summed E-state index contributed by atoms with van der Waals surface area (Å²) in [5.74, 6) is 0.895. The quantitative estimate of drug-likeness (QED) is 0.545. The van der Waals surface area contributed by atoms with Crippen molar-refractivity contribution >= 4 is 0 Å². The zero-order chi connectivity index (χ0) is 6.32. The Kier molecular flexibility index (Phi) is 1.08. The summed E-state index contributed by atoms with van der Waals surface area (Å²) in [5.41, 5.74) is 0.533. The van der Waals surface area contributed by atoms with Crippen molar-refractivity contribution in [3.63, 3.8) is 0 Å². The van der Waals surface area contributed by atoms with Gasteiger partial charge in [-0.1, -0.05) is 6.92 Å². The normalized spacial score (nSPS) is 33.0. The van der Waals surface area contributed by atoms with E-state index in [1.807, 2.05) is 0 Å². The molecular weight excluding hydrogens is 114 g/mol. The molecule has 0 spiro atoms. The van der Waals surface area contributed by atoms with E-state index in [1.165, 1.54) is 13.1 Å². The van der Waals surface area contributed by atoms with Gasteiger partial charge in [-0.05, 0) is 19.0 Å². The summed E-state index contributed by atoms with van der Waals surface area (Å²) in [6.07, 6.45) is 0. The molecule has 2 aliphatic heterocycles. The van der Waals surface area contributed by atoms with Gasteiger partial charge in [-0.2, -0.15) is 0 Å². The van der Waals surface area contributed by atoms with Gasteiger partial charge in [0.15, 0.2) is 0 Å². The molecule has 0 saturated carbocycles. The van der Waals surface area contributed by atoms with Crippen molar-refractivity contribution in [2.45, 2.75) is 6.92 Å². The van der Waals surface area contributed by atoms with Crippen LogP contribution in [0.5, 0.6) is 0 Å². The van der Waals surface area contributed by atoms with Crippen LogP contribution in [0, 0.1) is 11.3 Å². The van der Waals surface area contributed by atoms with Crippen LogP contribution in [0.25, 0.3) is 0 Å². The highest BCUT2D eigenvalue weighted by Crippen LogP contribution is 2.37. The van der Waals surface area contributed by atoms with Gasteiger partial charge in [-0.25, -0.2) is 0 Å². The molecule has 0 aliphatic carbocycles. The topological polar surface area (TPSA) is 21.3 Å². The van der Waals surface area contributed by atoms with E-state index in [2.05, 4.69) is 12.2 Å². The van der Waals surface area contributed by atoms with E-state index in [4.69, 9.17) is 4.74 Å². The fourth-order valence-electron chi connectivity index (χ4n) is 1.44. The van der Waals surface area contributed by atoms with Crippen LogP contribution in [-0.4, -0.2) is 26.3 Å². The van der Waals surface area contributed by atoms with Crippen LogP contribution in [0.3, 0.4) is 0 Å². The van der Waals surface area contributed by atoms with Crippen molar-refractivity contribution in [2.24, 2.45) is 11.3 Å². The molecule has 52 valence electrons. The first-order valence-electron chi connectivity index (χ1n) is 3.60. The Morgan fingerprint density at radius 3 is 2.22 bits per heavy atom. The summed E-state index contributed by atoms with van der Waals surface area (Å²) in [5, 5.41) is 3.28. The SMILES string of the molecule is CC1(C2CNC2)COC1. The molecule has 0 radical (unpaired) electrons. The molecule has 2 heteroatoms. The number of hydrogen-bond acceptors (Lipinski definition) is 2. The molecule has 0 atom stereocenters. The molecule has 0 bridgehead atoms. The smallest absolute Gasteiger partial charge is 0.0545 e. The van der Waals surface area contributed by atoms with E-state index in [1.54, 1.807) is 0 Å². The molecule has 0 amide bonds. The lowest BCUT2D eigenvalue weighted by Gasteiger charge is -2.48. The molecule has 1 N–H and O–H groups in total. The summed E-state index contributed by atoms with van der Waals surface area (Å²) in [6.45, 7) is 6.71. The lowest BCUT2D eigenvalue weighted by molar-refractivity contribution is -0.144. The number of hydrogen-bond donors (Lipinski definition) is 1. The van der Waals surface area contributed by atoms with Crippen LogP contribution in [-0.2, 0) is 4.74 Å². The molecular formula is C7H13NO. The highest BCUT2D eigenvalue weighted by atomic mass is 16.5. The minimum absolute atomic E-state index is 0.533. The zero-order valence-electron chi connectivity index (χ0n) is 5.81. The van der Waals surface area contributed by atoms with Crippen molar-refractivity contribution in [3.8, 4) is 0 Å². The van der Waals surface area contributed by atoms with Crippen LogP contribution in [0.4, 0.5) is 0 Å². The van der Waals surface area contributed by atoms with Crippen LogP contribution in [0.2, 0.25) is 0 Å². The van der Waals surface area contributed by atoms with Crippen LogP contribution < -0.4 is 5.32 Å². The molecule has 0 unspecified atom stereocenters. The van der Waals surface area contributed by atoms with E-state index < -0.39 is 0 Å². The standard InChI is InChI=1S/C7H13NO/c1-7(4-9-5-7)6-2-8-3-6/h6,8H,2-5H2,1H3. The molecule has 2 fully saturated rings. The minimum atomic E-state index is 0.533. The maximum absolute atomic E-state index is 5.17. The predicted molar refractivity (Wildman–Crippen MR) is 35.3 cm³/mol. The summed E-state index contributed by atoms with van der Waals surface area (Å²) < 4.78 is 5.17. The Morgan fingerprint density at radius 1 is 1.44 bits per heavy atom. The molecule has 0 aromatic rings. The van der Waals surface area contributed by atoms with Crippen molar-refractivity contribution in [3.05, 3.63) is 0 Å². The number of ether oxygens (including phenoxy) is 1. The maximum atomic E-state index is 5.17. The van der Waals surface area contributed by atoms with Crippen molar-refractivity contribution in [1.29, 1.82) is 0 Å². The Hall–Kier alpha value is -0.0800. The Labute approximate surface area is 55.6 Å². The van der Waals surface area contributed by atoms with Gasteiger partial charge in [0, 0.05) is 5.41 Å². The molecule has 2 rings (SSSR count). The van der Waals surface area contributed by atoms with Gasteiger partial charge < -0.3 is 10.1 Å². The Balaban J connectivity index is 1.94. The summed E-state index contributed by atoms with van der Waals surface area (Å²) >= 11 is 0. The molecule has 0 aromatic carbocycles. The van der Waals surface area contributed by atoms with Gasteiger partial charge in [-0.15, -0.1) is 0 Å². The summed E-state index contributed by atoms with van der Waals surface area (Å²) in [7, 11) is 0. The van der Waals surface area contributed by atoms with E-state index in [0.717, 1.165) is 19.1 Å². The average molecular weight is 127 g/mol. The first kappa shape index (κ1) is 5.69. The fraction of sp³-hybridized carbons (Fsp3) is 1.00. The third-order valence-corrected chi connectivity index (χ3v) is 2.63. The van der Waals surface area contributed by atoms with Crippen LogP contribution in [0.15, 0.2) is 0 Å². The molecule has 2 nitrogen and oxygen atoms in total. The second kappa shape index (κ2) is 1.70. The van der Waals surface area contributed by atoms with Crippen molar-refractivity contribution in [2.75, 3.05) is 26.3 Å². The summed E-state index contributed by atoms with van der Waals surface area (Å²) in [6, 6.07) is 0. The van der Waals surface area contributed by atoms with Gasteiger partial charge in [0.25, 0.3) is 0 Å². The van der Waals surface area contributed by atoms with Crippen LogP contribution in [0.1, 0.15) is 6.92 Å². The van der Waals surface area contributed by atoms with E-state index >= 15 is 0 Å². The van der Waals surface area contributed by atoms with Gasteiger partial charge in [0.2, 0.25) is 0 Å². The van der Waals surface area contributed by atoms with Gasteiger partial charge in [0.1, 0.15) is 0 Å². The lowest BCUT2D eigenvalue weighted by atomic mass is 9.72. The predicted octanol–water partition coefficient (Wildman–Crippen LogP) is 0.242. The molecule has 9 heavy (non-hydrogen) atoms. The Bertz CT molecular complexity index is 116. The lowest BCUT2D eigenvalue weighted by Crippen LogP contribution is -2.58. The molecule has 0 aromatic heterocycles. The van der Waals surface area contributed by atoms with E-state index in [9.17, 15) is 0 Å². The molecule has 2 aliphatic rings. The number of rotatable bonds is 1.